The fourth-order valence-corrected chi connectivity index (χ4v) is 2.23. The smallest absolute Gasteiger partial charge is 0.313 e. The van der Waals surface area contributed by atoms with Gasteiger partial charge in [-0.2, -0.15) is 0 Å². The number of halogens is 2. The molecule has 24 heavy (non-hydrogen) atoms. The van der Waals surface area contributed by atoms with Gasteiger partial charge in [0.05, 0.1) is 5.92 Å². The van der Waals surface area contributed by atoms with E-state index in [1.807, 2.05) is 37.3 Å². The SMILES string of the molecule is CC[C@@H](C(=O)OCC(=O)Nc1ccc(F)c(F)c1)c1ccccc1. The number of hydrogen-bond donors (Lipinski definition) is 1. The molecule has 0 saturated carbocycles. The van der Waals surface area contributed by atoms with E-state index in [0.29, 0.717) is 6.42 Å². The summed E-state index contributed by atoms with van der Waals surface area (Å²) >= 11 is 0. The normalized spacial score (nSPS) is 11.6. The maximum atomic E-state index is 13.1. The number of benzene rings is 2. The maximum absolute atomic E-state index is 13.1. The van der Waals surface area contributed by atoms with E-state index < -0.39 is 36.0 Å². The summed E-state index contributed by atoms with van der Waals surface area (Å²) in [4.78, 5) is 23.9. The van der Waals surface area contributed by atoms with Gasteiger partial charge in [0.2, 0.25) is 0 Å². The Labute approximate surface area is 138 Å². The fourth-order valence-electron chi connectivity index (χ4n) is 2.23. The second-order valence-corrected chi connectivity index (χ2v) is 5.16. The first-order valence-corrected chi connectivity index (χ1v) is 7.47. The number of carbonyl (C=O) groups excluding carboxylic acids is 2. The Balaban J connectivity index is 1.90. The van der Waals surface area contributed by atoms with Crippen LogP contribution in [0.3, 0.4) is 0 Å². The molecule has 1 atom stereocenters. The zero-order valence-corrected chi connectivity index (χ0v) is 13.1. The molecule has 0 radical (unpaired) electrons. The number of carbonyl (C=O) groups is 2. The highest BCUT2D eigenvalue weighted by atomic mass is 19.2. The standard InChI is InChI=1S/C18H17F2NO3/c1-2-14(12-6-4-3-5-7-12)18(23)24-11-17(22)21-13-8-9-15(19)16(20)10-13/h3-10,14H,2,11H2,1H3,(H,21,22)/t14-/m1/s1. The molecule has 0 aliphatic carbocycles. The van der Waals surface area contributed by atoms with E-state index in [1.165, 1.54) is 6.07 Å². The third-order valence-corrected chi connectivity index (χ3v) is 3.44. The van der Waals surface area contributed by atoms with Crippen LogP contribution in [0.4, 0.5) is 14.5 Å². The Kier molecular flexibility index (Phi) is 6.01. The minimum absolute atomic E-state index is 0.0880. The summed E-state index contributed by atoms with van der Waals surface area (Å²) in [6.07, 6.45) is 0.535. The van der Waals surface area contributed by atoms with Gasteiger partial charge in [0.25, 0.3) is 5.91 Å². The summed E-state index contributed by atoms with van der Waals surface area (Å²) < 4.78 is 30.9. The van der Waals surface area contributed by atoms with Crippen molar-refractivity contribution in [1.29, 1.82) is 0 Å². The fraction of sp³-hybridized carbons (Fsp3) is 0.222. The van der Waals surface area contributed by atoms with Gasteiger partial charge in [-0.15, -0.1) is 0 Å². The van der Waals surface area contributed by atoms with Crippen LogP contribution in [-0.2, 0) is 14.3 Å². The van der Waals surface area contributed by atoms with Crippen LogP contribution in [0.2, 0.25) is 0 Å². The van der Waals surface area contributed by atoms with Crippen molar-refractivity contribution in [2.24, 2.45) is 0 Å². The number of hydrogen-bond acceptors (Lipinski definition) is 3. The second kappa shape index (κ2) is 8.19. The topological polar surface area (TPSA) is 55.4 Å². The maximum Gasteiger partial charge on any atom is 0.313 e. The van der Waals surface area contributed by atoms with Crippen molar-refractivity contribution in [3.05, 3.63) is 65.7 Å². The van der Waals surface area contributed by atoms with Gasteiger partial charge in [0.15, 0.2) is 18.2 Å². The van der Waals surface area contributed by atoms with Crippen molar-refractivity contribution in [2.75, 3.05) is 11.9 Å². The Morgan fingerprint density at radius 1 is 1.08 bits per heavy atom. The van der Waals surface area contributed by atoms with Gasteiger partial charge in [-0.05, 0) is 24.1 Å². The molecule has 0 spiro atoms. The van der Waals surface area contributed by atoms with Gasteiger partial charge in [-0.25, -0.2) is 8.78 Å². The van der Waals surface area contributed by atoms with E-state index in [4.69, 9.17) is 4.74 Å². The van der Waals surface area contributed by atoms with Crippen LogP contribution in [0.5, 0.6) is 0 Å². The van der Waals surface area contributed by atoms with Crippen molar-refractivity contribution < 1.29 is 23.1 Å². The van der Waals surface area contributed by atoms with Crippen LogP contribution in [-0.4, -0.2) is 18.5 Å². The lowest BCUT2D eigenvalue weighted by Crippen LogP contribution is -2.24. The quantitative estimate of drug-likeness (QED) is 0.821. The molecule has 4 nitrogen and oxygen atoms in total. The lowest BCUT2D eigenvalue weighted by molar-refractivity contribution is -0.149. The van der Waals surface area contributed by atoms with E-state index in [9.17, 15) is 18.4 Å². The summed E-state index contributed by atoms with van der Waals surface area (Å²) in [5.41, 5.74) is 0.899. The van der Waals surface area contributed by atoms with Gasteiger partial charge < -0.3 is 10.1 Å². The van der Waals surface area contributed by atoms with Crippen molar-refractivity contribution in [3.8, 4) is 0 Å². The van der Waals surface area contributed by atoms with Gasteiger partial charge in [-0.1, -0.05) is 37.3 Å². The highest BCUT2D eigenvalue weighted by Crippen LogP contribution is 2.20. The summed E-state index contributed by atoms with van der Waals surface area (Å²) in [7, 11) is 0. The van der Waals surface area contributed by atoms with Gasteiger partial charge in [0, 0.05) is 11.8 Å². The first kappa shape index (κ1) is 17.6. The number of esters is 1. The van der Waals surface area contributed by atoms with E-state index in [2.05, 4.69) is 5.32 Å². The van der Waals surface area contributed by atoms with Crippen molar-refractivity contribution in [3.63, 3.8) is 0 Å². The molecular weight excluding hydrogens is 316 g/mol. The molecule has 0 saturated heterocycles. The van der Waals surface area contributed by atoms with Crippen LogP contribution < -0.4 is 5.32 Å². The molecule has 0 aliphatic heterocycles. The molecule has 0 fully saturated rings. The average molecular weight is 333 g/mol. The first-order valence-electron chi connectivity index (χ1n) is 7.47. The summed E-state index contributed by atoms with van der Waals surface area (Å²) in [6.45, 7) is 1.35. The van der Waals surface area contributed by atoms with E-state index in [0.717, 1.165) is 17.7 Å². The van der Waals surface area contributed by atoms with Gasteiger partial charge >= 0.3 is 5.97 Å². The van der Waals surface area contributed by atoms with Crippen LogP contribution in [0.15, 0.2) is 48.5 Å². The molecule has 2 aromatic carbocycles. The molecule has 0 aromatic heterocycles. The Morgan fingerprint density at radius 3 is 2.42 bits per heavy atom. The largest absolute Gasteiger partial charge is 0.455 e. The Hall–Kier alpha value is -2.76. The molecule has 1 amide bonds. The minimum atomic E-state index is -1.07. The number of nitrogens with one attached hydrogen (secondary N) is 1. The van der Waals surface area contributed by atoms with Gasteiger partial charge in [0.1, 0.15) is 0 Å². The Bertz CT molecular complexity index is 719. The predicted molar refractivity (Wildman–Crippen MR) is 85.4 cm³/mol. The predicted octanol–water partition coefficient (Wildman–Crippen LogP) is 3.64. The van der Waals surface area contributed by atoms with E-state index in [-0.39, 0.29) is 5.69 Å². The molecule has 126 valence electrons. The molecule has 6 heteroatoms. The highest BCUT2D eigenvalue weighted by molar-refractivity contribution is 5.93. The van der Waals surface area contributed by atoms with Crippen LogP contribution >= 0.6 is 0 Å². The van der Waals surface area contributed by atoms with E-state index >= 15 is 0 Å². The molecular formula is C18H17F2NO3. The number of rotatable bonds is 6. The summed E-state index contributed by atoms with van der Waals surface area (Å²) in [5, 5.41) is 2.34. The lowest BCUT2D eigenvalue weighted by atomic mass is 9.97. The third kappa shape index (κ3) is 4.62. The van der Waals surface area contributed by atoms with Crippen molar-refractivity contribution in [1.82, 2.24) is 0 Å². The second-order valence-electron chi connectivity index (χ2n) is 5.16. The summed E-state index contributed by atoms with van der Waals surface area (Å²) in [5.74, 6) is -3.67. The molecule has 0 heterocycles. The third-order valence-electron chi connectivity index (χ3n) is 3.44. The zero-order valence-electron chi connectivity index (χ0n) is 13.1. The summed E-state index contributed by atoms with van der Waals surface area (Å²) in [6, 6.07) is 12.1. The minimum Gasteiger partial charge on any atom is -0.455 e. The van der Waals surface area contributed by atoms with E-state index in [1.54, 1.807) is 0 Å². The Morgan fingerprint density at radius 2 is 1.79 bits per heavy atom. The highest BCUT2D eigenvalue weighted by Gasteiger charge is 2.21. The molecule has 0 bridgehead atoms. The molecule has 1 N–H and O–H groups in total. The van der Waals surface area contributed by atoms with Crippen LogP contribution in [0, 0.1) is 11.6 Å². The number of ether oxygens (including phenoxy) is 1. The first-order chi connectivity index (χ1) is 11.5. The molecule has 0 aliphatic rings. The zero-order chi connectivity index (χ0) is 17.5. The van der Waals surface area contributed by atoms with Crippen molar-refractivity contribution >= 4 is 17.6 Å². The monoisotopic (exact) mass is 333 g/mol. The number of amides is 1. The van der Waals surface area contributed by atoms with Gasteiger partial charge in [-0.3, -0.25) is 9.59 Å². The average Bonchev–Trinajstić information content (AvgIpc) is 2.58. The van der Waals surface area contributed by atoms with Crippen LogP contribution in [0.1, 0.15) is 24.8 Å². The molecule has 0 unspecified atom stereocenters. The van der Waals surface area contributed by atoms with Crippen LogP contribution in [0.25, 0.3) is 0 Å². The number of anilines is 1. The molecule has 2 aromatic rings. The van der Waals surface area contributed by atoms with Crippen molar-refractivity contribution in [2.45, 2.75) is 19.3 Å². The molecule has 2 rings (SSSR count). The lowest BCUT2D eigenvalue weighted by Gasteiger charge is -2.14.